The van der Waals surface area contributed by atoms with Gasteiger partial charge in [-0.05, 0) is 40.0 Å². The molecule has 0 saturated carbocycles. The molecule has 0 spiro atoms. The normalized spacial score (nSPS) is 12.5. The molecule has 0 saturated heterocycles. The van der Waals surface area contributed by atoms with E-state index in [-0.39, 0.29) is 11.4 Å². The van der Waals surface area contributed by atoms with Gasteiger partial charge in [0.15, 0.2) is 0 Å². The number of carbonyl (C=O) groups excluding carboxylic acids is 1. The average molecular weight is 237 g/mol. The molecule has 0 N–H and O–H groups in total. The van der Waals surface area contributed by atoms with Gasteiger partial charge in [0.2, 0.25) is 5.91 Å². The summed E-state index contributed by atoms with van der Waals surface area (Å²) in [4.78, 5) is 13.4. The van der Waals surface area contributed by atoms with Crippen LogP contribution in [0.3, 0.4) is 0 Å². The minimum absolute atomic E-state index is 0.0989. The Morgan fingerprint density at radius 1 is 1.06 bits per heavy atom. The van der Waals surface area contributed by atoms with Gasteiger partial charge in [0.05, 0.1) is 0 Å². The van der Waals surface area contributed by atoms with E-state index in [2.05, 4.69) is 52.0 Å². The largest absolute Gasteiger partial charge is 0.334 e. The van der Waals surface area contributed by atoms with Crippen LogP contribution in [0.15, 0.2) is 24.3 Å². The van der Waals surface area contributed by atoms with E-state index in [9.17, 15) is 4.79 Å². The van der Waals surface area contributed by atoms with Crippen LogP contribution >= 0.6 is 0 Å². The summed E-state index contributed by atoms with van der Waals surface area (Å²) in [6.45, 7) is 10.7. The van der Waals surface area contributed by atoms with Gasteiger partial charge in [-0.1, -0.05) is 31.2 Å². The minimum Gasteiger partial charge on any atom is -0.334 e. The van der Waals surface area contributed by atoms with E-state index in [1.54, 1.807) is 6.92 Å². The molecule has 1 amide bonds. The first kappa shape index (κ1) is 16.0. The van der Waals surface area contributed by atoms with E-state index in [1.165, 1.54) is 0 Å². The van der Waals surface area contributed by atoms with Crippen molar-refractivity contribution >= 4 is 5.91 Å². The predicted octanol–water partition coefficient (Wildman–Crippen LogP) is 3.94. The summed E-state index contributed by atoms with van der Waals surface area (Å²) in [5, 5.41) is 0. The van der Waals surface area contributed by atoms with Gasteiger partial charge in [-0.3, -0.25) is 4.79 Å². The van der Waals surface area contributed by atoms with Gasteiger partial charge in [0.25, 0.3) is 0 Å². The molecule has 0 bridgehead atoms. The number of nitrogens with zero attached hydrogens (tertiary/aromatic N) is 1. The molecule has 2 nitrogen and oxygen atoms in total. The van der Waals surface area contributed by atoms with Crippen LogP contribution < -0.4 is 0 Å². The molecule has 0 atom stereocenters. The highest BCUT2D eigenvalue weighted by atomic mass is 16.2. The molecule has 0 fully saturated rings. The second kappa shape index (κ2) is 8.10. The van der Waals surface area contributed by atoms with Crippen LogP contribution in [0.1, 0.15) is 53.9 Å². The van der Waals surface area contributed by atoms with Gasteiger partial charge >= 0.3 is 0 Å². The number of hydrogen-bond acceptors (Lipinski definition) is 1. The van der Waals surface area contributed by atoms with E-state index in [0.29, 0.717) is 6.54 Å². The van der Waals surface area contributed by atoms with Crippen molar-refractivity contribution < 1.29 is 4.79 Å². The Bertz CT molecular complexity index is 271. The summed E-state index contributed by atoms with van der Waals surface area (Å²) in [7, 11) is 0. The lowest BCUT2D eigenvalue weighted by Crippen LogP contribution is -2.44. The van der Waals surface area contributed by atoms with Crippen LogP contribution in [0.5, 0.6) is 0 Å². The minimum atomic E-state index is -0.0989. The van der Waals surface area contributed by atoms with Crippen molar-refractivity contribution in [1.82, 2.24) is 4.90 Å². The molecule has 0 heterocycles. The molecule has 98 valence electrons. The summed E-state index contributed by atoms with van der Waals surface area (Å²) >= 11 is 0. The molecule has 2 heteroatoms. The number of carbonyl (C=O) groups is 1. The summed E-state index contributed by atoms with van der Waals surface area (Å²) < 4.78 is 0. The summed E-state index contributed by atoms with van der Waals surface area (Å²) in [6, 6.07) is 0. The van der Waals surface area contributed by atoms with Gasteiger partial charge < -0.3 is 4.90 Å². The molecule has 0 aromatic rings. The SMILES string of the molecule is CCC=CCCC=CCN(C(C)=O)C(C)(C)C. The molecule has 0 radical (unpaired) electrons. The lowest BCUT2D eigenvalue weighted by molar-refractivity contribution is -0.132. The molecule has 0 rings (SSSR count). The monoisotopic (exact) mass is 237 g/mol. The van der Waals surface area contributed by atoms with Crippen molar-refractivity contribution in [2.75, 3.05) is 6.54 Å². The molecule has 0 aromatic carbocycles. The second-order valence-corrected chi connectivity index (χ2v) is 5.23. The first-order valence-corrected chi connectivity index (χ1v) is 6.47. The molecule has 0 aliphatic heterocycles. The highest BCUT2D eigenvalue weighted by molar-refractivity contribution is 5.74. The van der Waals surface area contributed by atoms with Crippen molar-refractivity contribution in [3.63, 3.8) is 0 Å². The van der Waals surface area contributed by atoms with Crippen LogP contribution in [-0.2, 0) is 4.79 Å². The van der Waals surface area contributed by atoms with Crippen molar-refractivity contribution in [2.45, 2.75) is 59.4 Å². The predicted molar refractivity (Wildman–Crippen MR) is 74.9 cm³/mol. The van der Waals surface area contributed by atoms with Gasteiger partial charge in [-0.25, -0.2) is 0 Å². The average Bonchev–Trinajstić information content (AvgIpc) is 2.19. The fourth-order valence-corrected chi connectivity index (χ4v) is 1.65. The summed E-state index contributed by atoms with van der Waals surface area (Å²) in [6.07, 6.45) is 11.9. The highest BCUT2D eigenvalue weighted by Gasteiger charge is 2.21. The zero-order valence-corrected chi connectivity index (χ0v) is 12.0. The van der Waals surface area contributed by atoms with Crippen LogP contribution in [0.4, 0.5) is 0 Å². The number of unbranched alkanes of at least 4 members (excludes halogenated alkanes) is 1. The van der Waals surface area contributed by atoms with E-state index >= 15 is 0 Å². The Hall–Kier alpha value is -1.05. The molecule has 0 aliphatic carbocycles. The number of hydrogen-bond donors (Lipinski definition) is 0. The number of allylic oxidation sites excluding steroid dienone is 3. The van der Waals surface area contributed by atoms with Gasteiger partial charge in [0.1, 0.15) is 0 Å². The first-order valence-electron chi connectivity index (χ1n) is 6.47. The maximum Gasteiger partial charge on any atom is 0.220 e. The third-order valence-corrected chi connectivity index (χ3v) is 2.55. The third-order valence-electron chi connectivity index (χ3n) is 2.55. The van der Waals surface area contributed by atoms with Gasteiger partial charge in [-0.2, -0.15) is 0 Å². The molecular weight excluding hydrogens is 210 g/mol. The highest BCUT2D eigenvalue weighted by Crippen LogP contribution is 2.13. The number of amides is 1. The standard InChI is InChI=1S/C15H27NO/c1-6-7-8-9-10-11-12-13-16(14(2)17)15(3,4)5/h7-8,11-12H,6,9-10,13H2,1-5H3. The van der Waals surface area contributed by atoms with E-state index in [1.807, 2.05) is 4.90 Å². The molecule has 0 aliphatic rings. The maximum atomic E-state index is 11.5. The van der Waals surface area contributed by atoms with E-state index < -0.39 is 0 Å². The van der Waals surface area contributed by atoms with Crippen molar-refractivity contribution in [2.24, 2.45) is 0 Å². The third kappa shape index (κ3) is 7.78. The van der Waals surface area contributed by atoms with E-state index in [4.69, 9.17) is 0 Å². The fourth-order valence-electron chi connectivity index (χ4n) is 1.65. The lowest BCUT2D eigenvalue weighted by Gasteiger charge is -2.34. The van der Waals surface area contributed by atoms with Gasteiger partial charge in [-0.15, -0.1) is 0 Å². The second-order valence-electron chi connectivity index (χ2n) is 5.23. The molecular formula is C15H27NO. The fraction of sp³-hybridized carbons (Fsp3) is 0.667. The Morgan fingerprint density at radius 2 is 1.59 bits per heavy atom. The van der Waals surface area contributed by atoms with Crippen LogP contribution in [-0.4, -0.2) is 22.9 Å². The first-order chi connectivity index (χ1) is 7.89. The quantitative estimate of drug-likeness (QED) is 0.506. The summed E-state index contributed by atoms with van der Waals surface area (Å²) in [5.41, 5.74) is -0.0989. The Kier molecular flexibility index (Phi) is 7.60. The lowest BCUT2D eigenvalue weighted by atomic mass is 10.1. The maximum absolute atomic E-state index is 11.5. The van der Waals surface area contributed by atoms with Crippen molar-refractivity contribution in [3.05, 3.63) is 24.3 Å². The Labute approximate surface area is 106 Å². The zero-order valence-electron chi connectivity index (χ0n) is 12.0. The van der Waals surface area contributed by atoms with Crippen LogP contribution in [0, 0.1) is 0 Å². The zero-order chi connectivity index (χ0) is 13.3. The number of rotatable bonds is 6. The van der Waals surface area contributed by atoms with Crippen LogP contribution in [0.2, 0.25) is 0 Å². The summed E-state index contributed by atoms with van der Waals surface area (Å²) in [5.74, 6) is 0.132. The topological polar surface area (TPSA) is 20.3 Å². The molecule has 0 unspecified atom stereocenters. The van der Waals surface area contributed by atoms with Crippen molar-refractivity contribution in [3.8, 4) is 0 Å². The smallest absolute Gasteiger partial charge is 0.220 e. The molecule has 17 heavy (non-hydrogen) atoms. The van der Waals surface area contributed by atoms with E-state index in [0.717, 1.165) is 19.3 Å². The van der Waals surface area contributed by atoms with Crippen LogP contribution in [0.25, 0.3) is 0 Å². The Balaban J connectivity index is 4.02. The van der Waals surface area contributed by atoms with Gasteiger partial charge in [0, 0.05) is 19.0 Å². The Morgan fingerprint density at radius 3 is 2.00 bits per heavy atom. The van der Waals surface area contributed by atoms with Crippen molar-refractivity contribution in [1.29, 1.82) is 0 Å². The molecule has 0 aromatic heterocycles.